The molecule has 0 spiro atoms. The van der Waals surface area contributed by atoms with E-state index in [0.717, 1.165) is 12.8 Å². The lowest BCUT2D eigenvalue weighted by molar-refractivity contribution is -0.148. The van der Waals surface area contributed by atoms with Crippen LogP contribution in [-0.4, -0.2) is 62.9 Å². The molecule has 3 aliphatic rings. The van der Waals surface area contributed by atoms with Gasteiger partial charge >= 0.3 is 6.18 Å². The van der Waals surface area contributed by atoms with E-state index in [-0.39, 0.29) is 17.5 Å². The Kier molecular flexibility index (Phi) is 7.18. The molecular formula is C23H33F3N4O3. The molecule has 1 aliphatic carbocycles. The lowest BCUT2D eigenvalue weighted by atomic mass is 9.94. The van der Waals surface area contributed by atoms with Crippen molar-refractivity contribution in [2.75, 3.05) is 45.0 Å². The number of halogens is 3. The Morgan fingerprint density at radius 1 is 1.36 bits per heavy atom. The highest BCUT2D eigenvalue weighted by Gasteiger charge is 2.43. The van der Waals surface area contributed by atoms with E-state index in [0.29, 0.717) is 50.5 Å². The zero-order valence-corrected chi connectivity index (χ0v) is 19.4. The highest BCUT2D eigenvalue weighted by molar-refractivity contribution is 5.82. The summed E-state index contributed by atoms with van der Waals surface area (Å²) in [7, 11) is 1.60. The van der Waals surface area contributed by atoms with Gasteiger partial charge in [-0.15, -0.1) is 0 Å². The number of anilines is 1. The van der Waals surface area contributed by atoms with Gasteiger partial charge in [0.25, 0.3) is 5.91 Å². The molecule has 1 aromatic carbocycles. The first-order valence-electron chi connectivity index (χ1n) is 11.6. The number of fused-ring (bicyclic) bond motifs is 1. The Morgan fingerprint density at radius 2 is 2.12 bits per heavy atom. The second-order valence-corrected chi connectivity index (χ2v) is 9.06. The summed E-state index contributed by atoms with van der Waals surface area (Å²) in [6, 6.07) is 2.10. The molecule has 1 aromatic rings. The molecule has 2 fully saturated rings. The van der Waals surface area contributed by atoms with Crippen LogP contribution in [0.2, 0.25) is 0 Å². The first-order chi connectivity index (χ1) is 15.7. The van der Waals surface area contributed by atoms with E-state index in [1.807, 2.05) is 6.92 Å². The fourth-order valence-corrected chi connectivity index (χ4v) is 4.82. The monoisotopic (exact) mass is 470 g/mol. The van der Waals surface area contributed by atoms with Crippen LogP contribution in [0.4, 0.5) is 18.9 Å². The molecule has 7 nitrogen and oxygen atoms in total. The number of amides is 1. The maximum atomic E-state index is 14.1. The summed E-state index contributed by atoms with van der Waals surface area (Å²) in [6.07, 6.45) is -2.71. The van der Waals surface area contributed by atoms with Crippen molar-refractivity contribution < 1.29 is 27.4 Å². The van der Waals surface area contributed by atoms with Crippen molar-refractivity contribution in [3.05, 3.63) is 28.8 Å². The number of carbonyl (C=O) groups is 1. The molecular weight excluding hydrogens is 437 g/mol. The topological polar surface area (TPSA) is 66.1 Å². The van der Waals surface area contributed by atoms with Crippen LogP contribution in [0.1, 0.15) is 61.9 Å². The lowest BCUT2D eigenvalue weighted by Gasteiger charge is -2.35. The van der Waals surface area contributed by atoms with Crippen LogP contribution in [0.5, 0.6) is 0 Å². The number of hydrogen-bond donors (Lipinski definition) is 2. The number of alkyl halides is 3. The van der Waals surface area contributed by atoms with Gasteiger partial charge in [-0.1, -0.05) is 0 Å². The van der Waals surface area contributed by atoms with Gasteiger partial charge in [0.05, 0.1) is 29.9 Å². The molecule has 2 N–H and O–H groups in total. The van der Waals surface area contributed by atoms with E-state index in [2.05, 4.69) is 10.7 Å². The first kappa shape index (κ1) is 24.3. The zero-order chi connectivity index (χ0) is 23.8. The normalized spacial score (nSPS) is 24.0. The molecule has 3 atom stereocenters. The number of nitrogens with zero attached hydrogens (tertiary/aromatic N) is 2. The largest absolute Gasteiger partial charge is 0.416 e. The highest BCUT2D eigenvalue weighted by Crippen LogP contribution is 2.45. The van der Waals surface area contributed by atoms with Gasteiger partial charge in [0.15, 0.2) is 0 Å². The van der Waals surface area contributed by atoms with E-state index in [1.165, 1.54) is 6.07 Å². The summed E-state index contributed by atoms with van der Waals surface area (Å²) in [4.78, 5) is 15.0. The Labute approximate surface area is 192 Å². The summed E-state index contributed by atoms with van der Waals surface area (Å²) in [5.41, 5.74) is 3.78. The van der Waals surface area contributed by atoms with Crippen molar-refractivity contribution in [1.29, 1.82) is 0 Å². The molecule has 1 saturated carbocycles. The van der Waals surface area contributed by atoms with Gasteiger partial charge in [0, 0.05) is 45.0 Å². The molecule has 1 amide bonds. The van der Waals surface area contributed by atoms with Crippen LogP contribution in [-0.2, 0) is 20.4 Å². The number of carbonyl (C=O) groups excluding carboxylic acids is 1. The second kappa shape index (κ2) is 9.77. The minimum absolute atomic E-state index is 0.0375. The van der Waals surface area contributed by atoms with E-state index < -0.39 is 29.9 Å². The fraction of sp³-hybridized carbons (Fsp3) is 0.696. The van der Waals surface area contributed by atoms with Crippen molar-refractivity contribution in [3.8, 4) is 0 Å². The third-order valence-corrected chi connectivity index (χ3v) is 6.59. The predicted molar refractivity (Wildman–Crippen MR) is 118 cm³/mol. The number of hydrazine groups is 1. The van der Waals surface area contributed by atoms with Gasteiger partial charge in [-0.05, 0) is 50.8 Å². The van der Waals surface area contributed by atoms with Gasteiger partial charge in [-0.25, -0.2) is 5.43 Å². The van der Waals surface area contributed by atoms with Crippen molar-refractivity contribution in [2.24, 2.45) is 0 Å². The Balaban J connectivity index is 1.69. The number of rotatable bonds is 8. The maximum Gasteiger partial charge on any atom is 0.416 e. The average molecular weight is 471 g/mol. The molecule has 2 aliphatic heterocycles. The van der Waals surface area contributed by atoms with Gasteiger partial charge < -0.3 is 24.7 Å². The number of benzene rings is 1. The molecule has 1 saturated heterocycles. The minimum atomic E-state index is -4.50. The number of morpholine rings is 1. The third kappa shape index (κ3) is 5.13. The van der Waals surface area contributed by atoms with Crippen LogP contribution >= 0.6 is 0 Å². The van der Waals surface area contributed by atoms with E-state index in [9.17, 15) is 18.0 Å². The molecule has 0 aromatic heterocycles. The molecule has 1 unspecified atom stereocenters. The van der Waals surface area contributed by atoms with Crippen molar-refractivity contribution in [1.82, 2.24) is 15.6 Å². The third-order valence-electron chi connectivity index (χ3n) is 6.59. The van der Waals surface area contributed by atoms with Gasteiger partial charge in [-0.3, -0.25) is 4.79 Å². The summed E-state index contributed by atoms with van der Waals surface area (Å²) in [5.74, 6) is -0.158. The Morgan fingerprint density at radius 3 is 2.73 bits per heavy atom. The number of hydrogen-bond acceptors (Lipinski definition) is 6. The number of methoxy groups -OCH3 is 1. The first-order valence-corrected chi connectivity index (χ1v) is 11.6. The van der Waals surface area contributed by atoms with E-state index in [1.54, 1.807) is 30.0 Å². The predicted octanol–water partition coefficient (Wildman–Crippen LogP) is 3.17. The molecule has 10 heteroatoms. The molecule has 2 heterocycles. The summed E-state index contributed by atoms with van der Waals surface area (Å²) < 4.78 is 53.2. The quantitative estimate of drug-likeness (QED) is 0.569. The van der Waals surface area contributed by atoms with Crippen LogP contribution < -0.4 is 15.8 Å². The van der Waals surface area contributed by atoms with Crippen LogP contribution in [0.15, 0.2) is 12.1 Å². The fourth-order valence-electron chi connectivity index (χ4n) is 4.82. The second-order valence-electron chi connectivity index (χ2n) is 9.06. The standard InChI is InChI=1S/C23H33F3N4O3/c1-14-21-18(23(24,25)26)11-16(12-19(21)29(28-14)8-4-9-32-3)15(2)30(17-5-6-17)22(31)20-13-27-7-10-33-20/h11-12,14-15,17,20,27-28H,4-10,13H2,1-3H3/t14?,15-,20-/m1/s1. The summed E-state index contributed by atoms with van der Waals surface area (Å²) in [6.45, 7) is 6.14. The summed E-state index contributed by atoms with van der Waals surface area (Å²) in [5, 5.41) is 4.94. The van der Waals surface area contributed by atoms with Crippen molar-refractivity contribution in [3.63, 3.8) is 0 Å². The van der Waals surface area contributed by atoms with Crippen LogP contribution in [0, 0.1) is 0 Å². The molecule has 4 rings (SSSR count). The average Bonchev–Trinajstić information content (AvgIpc) is 3.57. The molecule has 0 radical (unpaired) electrons. The minimum Gasteiger partial charge on any atom is -0.385 e. The van der Waals surface area contributed by atoms with Gasteiger partial charge in [-0.2, -0.15) is 13.2 Å². The van der Waals surface area contributed by atoms with Crippen molar-refractivity contribution >= 4 is 11.6 Å². The lowest BCUT2D eigenvalue weighted by Crippen LogP contribution is -2.50. The van der Waals surface area contributed by atoms with E-state index >= 15 is 0 Å². The Hall–Kier alpha value is -1.88. The van der Waals surface area contributed by atoms with Gasteiger partial charge in [0.1, 0.15) is 6.10 Å². The molecule has 0 bridgehead atoms. The molecule has 33 heavy (non-hydrogen) atoms. The smallest absolute Gasteiger partial charge is 0.385 e. The van der Waals surface area contributed by atoms with Crippen LogP contribution in [0.25, 0.3) is 0 Å². The van der Waals surface area contributed by atoms with E-state index in [4.69, 9.17) is 9.47 Å². The summed E-state index contributed by atoms with van der Waals surface area (Å²) >= 11 is 0. The van der Waals surface area contributed by atoms with Gasteiger partial charge in [0.2, 0.25) is 0 Å². The Bertz CT molecular complexity index is 856. The van der Waals surface area contributed by atoms with Crippen LogP contribution in [0.3, 0.4) is 0 Å². The number of nitrogens with one attached hydrogen (secondary N) is 2. The number of ether oxygens (including phenoxy) is 2. The van der Waals surface area contributed by atoms with Crippen molar-refractivity contribution in [2.45, 2.75) is 63.5 Å². The maximum absolute atomic E-state index is 14.1. The SMILES string of the molecule is COCCCN1NC(C)c2c1cc([C@@H](C)N(C(=O)[C@H]1CNCCO1)C1CC1)cc2C(F)(F)F. The highest BCUT2D eigenvalue weighted by atomic mass is 19.4. The zero-order valence-electron chi connectivity index (χ0n) is 19.4. The molecule has 184 valence electrons.